The average Bonchev–Trinajstić information content (AvgIpc) is 3.08. The van der Waals surface area contributed by atoms with Crippen LogP contribution < -0.4 is 14.9 Å². The summed E-state index contributed by atoms with van der Waals surface area (Å²) in [5.41, 5.74) is 2.31. The molecule has 0 bridgehead atoms. The third kappa shape index (κ3) is 3.62. The smallest absolute Gasteiger partial charge is 0.290 e. The molecule has 1 amide bonds. The summed E-state index contributed by atoms with van der Waals surface area (Å²) in [6.07, 6.45) is 0.799. The molecule has 0 fully saturated rings. The average molecular weight is 437 g/mol. The molecule has 0 spiro atoms. The standard InChI is InChI=1S/C25H28N2O5/c1-6-15-7-9-20-18(13-15)23(28)21-22(17-14-16(30-4)8-10-19(17)31-5)27(12-11-26(2)3)25(29)24(21)32-20/h7-10,13-14,22H,6,11-12H2,1-5H3. The zero-order valence-corrected chi connectivity index (χ0v) is 19.1. The van der Waals surface area contributed by atoms with Crippen LogP contribution in [0.1, 0.15) is 40.2 Å². The Balaban J connectivity index is 1.99. The second kappa shape index (κ2) is 8.67. The highest BCUT2D eigenvalue weighted by Crippen LogP contribution is 2.42. The molecule has 0 saturated carbocycles. The molecule has 0 radical (unpaired) electrons. The minimum absolute atomic E-state index is 0.0976. The first-order chi connectivity index (χ1) is 15.4. The minimum atomic E-state index is -0.631. The second-order valence-corrected chi connectivity index (χ2v) is 8.17. The van der Waals surface area contributed by atoms with Crippen LogP contribution in [0.4, 0.5) is 0 Å². The Morgan fingerprint density at radius 1 is 1.06 bits per heavy atom. The van der Waals surface area contributed by atoms with Crippen LogP contribution in [-0.2, 0) is 6.42 Å². The monoisotopic (exact) mass is 436 g/mol. The van der Waals surface area contributed by atoms with E-state index >= 15 is 0 Å². The van der Waals surface area contributed by atoms with Crippen LogP contribution in [0.5, 0.6) is 11.5 Å². The van der Waals surface area contributed by atoms with Crippen LogP contribution in [0.3, 0.4) is 0 Å². The van der Waals surface area contributed by atoms with E-state index in [-0.39, 0.29) is 17.1 Å². The third-order valence-corrected chi connectivity index (χ3v) is 5.96. The van der Waals surface area contributed by atoms with Gasteiger partial charge in [-0.2, -0.15) is 0 Å². The van der Waals surface area contributed by atoms with Crippen molar-refractivity contribution >= 4 is 16.9 Å². The van der Waals surface area contributed by atoms with Crippen molar-refractivity contribution in [2.45, 2.75) is 19.4 Å². The summed E-state index contributed by atoms with van der Waals surface area (Å²) in [7, 11) is 7.04. The molecule has 1 unspecified atom stereocenters. The van der Waals surface area contributed by atoms with Crippen LogP contribution in [0.25, 0.3) is 11.0 Å². The van der Waals surface area contributed by atoms with Crippen LogP contribution in [0, 0.1) is 0 Å². The minimum Gasteiger partial charge on any atom is -0.497 e. The number of hydrogen-bond donors (Lipinski definition) is 0. The van der Waals surface area contributed by atoms with Gasteiger partial charge in [-0.05, 0) is 56.4 Å². The molecule has 0 saturated heterocycles. The Labute approximate surface area is 187 Å². The summed E-state index contributed by atoms with van der Waals surface area (Å²) >= 11 is 0. The zero-order chi connectivity index (χ0) is 23.0. The summed E-state index contributed by atoms with van der Waals surface area (Å²) in [5.74, 6) is 0.997. The van der Waals surface area contributed by atoms with E-state index in [4.69, 9.17) is 13.9 Å². The molecule has 168 valence electrons. The Hall–Kier alpha value is -3.32. The van der Waals surface area contributed by atoms with Gasteiger partial charge in [0.15, 0.2) is 5.43 Å². The summed E-state index contributed by atoms with van der Waals surface area (Å²) in [6.45, 7) is 3.10. The lowest BCUT2D eigenvalue weighted by atomic mass is 9.96. The lowest BCUT2D eigenvalue weighted by Crippen LogP contribution is -2.35. The Kier molecular flexibility index (Phi) is 5.93. The molecule has 0 N–H and O–H groups in total. The highest BCUT2D eigenvalue weighted by molar-refractivity contribution is 5.99. The topological polar surface area (TPSA) is 72.2 Å². The van der Waals surface area contributed by atoms with Crippen LogP contribution in [0.2, 0.25) is 0 Å². The van der Waals surface area contributed by atoms with Crippen LogP contribution in [0.15, 0.2) is 45.6 Å². The fourth-order valence-electron chi connectivity index (χ4n) is 4.20. The number of ether oxygens (including phenoxy) is 2. The molecule has 32 heavy (non-hydrogen) atoms. The van der Waals surface area contributed by atoms with Gasteiger partial charge in [0.1, 0.15) is 17.1 Å². The van der Waals surface area contributed by atoms with Gasteiger partial charge in [0, 0.05) is 18.7 Å². The highest BCUT2D eigenvalue weighted by atomic mass is 16.5. The number of hydrogen-bond acceptors (Lipinski definition) is 6. The number of aryl methyl sites for hydroxylation is 1. The first kappa shape index (κ1) is 21.9. The first-order valence-electron chi connectivity index (χ1n) is 10.7. The molecular formula is C25H28N2O5. The summed E-state index contributed by atoms with van der Waals surface area (Å²) in [6, 6.07) is 10.3. The van der Waals surface area contributed by atoms with E-state index in [2.05, 4.69) is 0 Å². The first-order valence-corrected chi connectivity index (χ1v) is 10.7. The second-order valence-electron chi connectivity index (χ2n) is 8.17. The third-order valence-electron chi connectivity index (χ3n) is 5.96. The van der Waals surface area contributed by atoms with Crippen molar-refractivity contribution in [3.8, 4) is 11.5 Å². The number of carbonyl (C=O) groups excluding carboxylic acids is 1. The molecular weight excluding hydrogens is 408 g/mol. The van der Waals surface area contributed by atoms with Crippen molar-refractivity contribution in [1.29, 1.82) is 0 Å². The number of amides is 1. The van der Waals surface area contributed by atoms with Gasteiger partial charge >= 0.3 is 0 Å². The van der Waals surface area contributed by atoms with E-state index in [1.54, 1.807) is 37.3 Å². The fourth-order valence-corrected chi connectivity index (χ4v) is 4.20. The molecule has 1 atom stereocenters. The normalized spacial score (nSPS) is 15.5. The number of benzene rings is 2. The predicted molar refractivity (Wildman–Crippen MR) is 123 cm³/mol. The molecule has 1 aromatic heterocycles. The summed E-state index contributed by atoms with van der Waals surface area (Å²) in [5, 5.41) is 0.484. The van der Waals surface area contributed by atoms with Crippen molar-refractivity contribution in [3.63, 3.8) is 0 Å². The number of nitrogens with zero attached hydrogens (tertiary/aromatic N) is 2. The zero-order valence-electron chi connectivity index (χ0n) is 19.1. The lowest BCUT2D eigenvalue weighted by Gasteiger charge is -2.27. The van der Waals surface area contributed by atoms with Gasteiger partial charge in [0.2, 0.25) is 5.76 Å². The van der Waals surface area contributed by atoms with Gasteiger partial charge in [-0.3, -0.25) is 9.59 Å². The lowest BCUT2D eigenvalue weighted by molar-refractivity contribution is 0.0715. The van der Waals surface area contributed by atoms with Crippen molar-refractivity contribution in [2.24, 2.45) is 0 Å². The van der Waals surface area contributed by atoms with Crippen molar-refractivity contribution < 1.29 is 18.7 Å². The quantitative estimate of drug-likeness (QED) is 0.565. The molecule has 2 heterocycles. The maximum atomic E-state index is 13.7. The van der Waals surface area contributed by atoms with Crippen LogP contribution >= 0.6 is 0 Å². The summed E-state index contributed by atoms with van der Waals surface area (Å²) < 4.78 is 17.1. The van der Waals surface area contributed by atoms with Crippen molar-refractivity contribution in [2.75, 3.05) is 41.4 Å². The Bertz CT molecular complexity index is 1230. The molecule has 7 heteroatoms. The van der Waals surface area contributed by atoms with E-state index in [0.29, 0.717) is 46.7 Å². The Morgan fingerprint density at radius 2 is 1.84 bits per heavy atom. The number of carbonyl (C=O) groups is 1. The highest BCUT2D eigenvalue weighted by Gasteiger charge is 2.43. The maximum absolute atomic E-state index is 13.7. The van der Waals surface area contributed by atoms with Gasteiger partial charge in [-0.25, -0.2) is 0 Å². The number of rotatable bonds is 7. The largest absolute Gasteiger partial charge is 0.497 e. The van der Waals surface area contributed by atoms with Crippen molar-refractivity contribution in [1.82, 2.24) is 9.80 Å². The molecule has 1 aliphatic rings. The predicted octanol–water partition coefficient (Wildman–Crippen LogP) is 3.48. The van der Waals surface area contributed by atoms with E-state index in [1.165, 1.54) is 0 Å². The Morgan fingerprint density at radius 3 is 2.50 bits per heavy atom. The van der Waals surface area contributed by atoms with Gasteiger partial charge < -0.3 is 23.7 Å². The molecule has 1 aliphatic heterocycles. The molecule has 7 nitrogen and oxygen atoms in total. The van der Waals surface area contributed by atoms with E-state index < -0.39 is 6.04 Å². The van der Waals surface area contributed by atoms with Gasteiger partial charge in [-0.1, -0.05) is 13.0 Å². The molecule has 3 aromatic rings. The van der Waals surface area contributed by atoms with Gasteiger partial charge in [0.25, 0.3) is 5.91 Å². The van der Waals surface area contributed by atoms with Gasteiger partial charge in [0.05, 0.1) is 31.2 Å². The van der Waals surface area contributed by atoms with Gasteiger partial charge in [-0.15, -0.1) is 0 Å². The number of fused-ring (bicyclic) bond motifs is 2. The molecule has 0 aliphatic carbocycles. The number of likely N-dealkylation sites (N-methyl/N-ethyl adjacent to an activating group) is 1. The van der Waals surface area contributed by atoms with E-state index in [0.717, 1.165) is 12.0 Å². The molecule has 4 rings (SSSR count). The molecule has 2 aromatic carbocycles. The van der Waals surface area contributed by atoms with E-state index in [1.807, 2.05) is 44.1 Å². The number of methoxy groups -OCH3 is 2. The fraction of sp³-hybridized carbons (Fsp3) is 0.360. The van der Waals surface area contributed by atoms with Crippen LogP contribution in [-0.4, -0.2) is 57.1 Å². The summed E-state index contributed by atoms with van der Waals surface area (Å²) in [4.78, 5) is 30.9. The maximum Gasteiger partial charge on any atom is 0.290 e. The van der Waals surface area contributed by atoms with E-state index in [9.17, 15) is 9.59 Å². The SMILES string of the molecule is CCc1ccc2oc3c(c(=O)c2c1)C(c1cc(OC)ccc1OC)N(CCN(C)C)C3=O. The van der Waals surface area contributed by atoms with Crippen molar-refractivity contribution in [3.05, 3.63) is 69.1 Å².